The van der Waals surface area contributed by atoms with Crippen LogP contribution in [-0.4, -0.2) is 42.9 Å². The molecule has 146 valence electrons. The van der Waals surface area contributed by atoms with E-state index in [0.717, 1.165) is 31.2 Å². The number of carbonyl (C=O) groups is 1. The van der Waals surface area contributed by atoms with Gasteiger partial charge in [-0.25, -0.2) is 4.99 Å². The number of amides is 1. The molecule has 1 aromatic carbocycles. The highest BCUT2D eigenvalue weighted by molar-refractivity contribution is 14.0. The van der Waals surface area contributed by atoms with E-state index in [0.29, 0.717) is 11.1 Å². The number of halogens is 1. The Hall–Kier alpha value is -1.75. The largest absolute Gasteiger partial charge is 0.357 e. The number of terminal acetylenes is 1. The van der Waals surface area contributed by atoms with Gasteiger partial charge in [-0.1, -0.05) is 24.8 Å². The molecule has 27 heavy (non-hydrogen) atoms. The van der Waals surface area contributed by atoms with Crippen molar-refractivity contribution in [3.05, 3.63) is 29.8 Å². The van der Waals surface area contributed by atoms with Crippen LogP contribution in [0.1, 0.15) is 44.6 Å². The van der Waals surface area contributed by atoms with Crippen molar-refractivity contribution in [3.8, 4) is 12.3 Å². The zero-order chi connectivity index (χ0) is 18.4. The molecule has 1 spiro atoms. The Morgan fingerprint density at radius 3 is 2.81 bits per heavy atom. The van der Waals surface area contributed by atoms with Crippen LogP contribution in [-0.2, 0) is 4.79 Å². The zero-order valence-electron chi connectivity index (χ0n) is 16.0. The minimum Gasteiger partial charge on any atom is -0.357 e. The van der Waals surface area contributed by atoms with E-state index in [9.17, 15) is 4.79 Å². The predicted molar refractivity (Wildman–Crippen MR) is 121 cm³/mol. The number of likely N-dealkylation sites (tertiary alicyclic amines) is 1. The maximum atomic E-state index is 12.3. The number of carbonyl (C=O) groups excluding carboxylic acids is 1. The van der Waals surface area contributed by atoms with E-state index < -0.39 is 0 Å². The van der Waals surface area contributed by atoms with Crippen LogP contribution < -0.4 is 10.6 Å². The fourth-order valence-electron chi connectivity index (χ4n) is 4.11. The number of guanidine groups is 1. The van der Waals surface area contributed by atoms with Gasteiger partial charge >= 0.3 is 0 Å². The van der Waals surface area contributed by atoms with E-state index in [-0.39, 0.29) is 36.4 Å². The SMILES string of the molecule is C#Cc1cccc(NC(=O)CN=C(NCC)N2CCC3(CCCC3)C2)c1.I. The maximum Gasteiger partial charge on any atom is 0.246 e. The van der Waals surface area contributed by atoms with Crippen molar-refractivity contribution in [2.75, 3.05) is 31.5 Å². The molecule has 0 atom stereocenters. The third-order valence-corrected chi connectivity index (χ3v) is 5.42. The number of hydrogen-bond acceptors (Lipinski definition) is 2. The number of nitrogens with zero attached hydrogens (tertiary/aromatic N) is 2. The molecule has 1 aromatic rings. The summed E-state index contributed by atoms with van der Waals surface area (Å²) in [4.78, 5) is 19.2. The molecular weight excluding hydrogens is 451 g/mol. The van der Waals surface area contributed by atoms with E-state index in [4.69, 9.17) is 6.42 Å². The van der Waals surface area contributed by atoms with Crippen molar-refractivity contribution >= 4 is 41.5 Å². The van der Waals surface area contributed by atoms with Gasteiger partial charge in [-0.15, -0.1) is 30.4 Å². The first-order valence-electron chi connectivity index (χ1n) is 9.54. The minimum absolute atomic E-state index is 0. The normalized spacial score (nSPS) is 18.1. The van der Waals surface area contributed by atoms with Crippen LogP contribution >= 0.6 is 24.0 Å². The Labute approximate surface area is 179 Å². The summed E-state index contributed by atoms with van der Waals surface area (Å²) in [5.41, 5.74) is 1.93. The molecule has 0 bridgehead atoms. The number of nitrogens with one attached hydrogen (secondary N) is 2. The second-order valence-electron chi connectivity index (χ2n) is 7.32. The molecule has 2 fully saturated rings. The highest BCUT2D eigenvalue weighted by atomic mass is 127. The molecule has 5 nitrogen and oxygen atoms in total. The second kappa shape index (κ2) is 9.98. The third kappa shape index (κ3) is 5.61. The molecule has 0 aromatic heterocycles. The van der Waals surface area contributed by atoms with Gasteiger partial charge in [-0.2, -0.15) is 0 Å². The first-order chi connectivity index (χ1) is 12.6. The van der Waals surface area contributed by atoms with Gasteiger partial charge in [0.1, 0.15) is 6.54 Å². The molecule has 3 rings (SSSR count). The second-order valence-corrected chi connectivity index (χ2v) is 7.32. The van der Waals surface area contributed by atoms with Crippen molar-refractivity contribution < 1.29 is 4.79 Å². The summed E-state index contributed by atoms with van der Waals surface area (Å²) in [5.74, 6) is 3.29. The van der Waals surface area contributed by atoms with Crippen LogP contribution in [0.2, 0.25) is 0 Å². The molecule has 2 N–H and O–H groups in total. The first-order valence-corrected chi connectivity index (χ1v) is 9.54. The van der Waals surface area contributed by atoms with Gasteiger partial charge in [-0.05, 0) is 49.8 Å². The molecule has 1 aliphatic heterocycles. The summed E-state index contributed by atoms with van der Waals surface area (Å²) < 4.78 is 0. The monoisotopic (exact) mass is 480 g/mol. The Bertz CT molecular complexity index is 719. The van der Waals surface area contributed by atoms with Gasteiger partial charge in [0.2, 0.25) is 5.91 Å². The molecule has 1 saturated heterocycles. The highest BCUT2D eigenvalue weighted by Crippen LogP contribution is 2.45. The Morgan fingerprint density at radius 2 is 2.11 bits per heavy atom. The van der Waals surface area contributed by atoms with Crippen LogP contribution in [0, 0.1) is 17.8 Å². The smallest absolute Gasteiger partial charge is 0.246 e. The van der Waals surface area contributed by atoms with Crippen molar-refractivity contribution in [3.63, 3.8) is 0 Å². The van der Waals surface area contributed by atoms with Crippen molar-refractivity contribution in [1.82, 2.24) is 10.2 Å². The summed E-state index contributed by atoms with van der Waals surface area (Å²) in [6.07, 6.45) is 12.0. The fourth-order valence-corrected chi connectivity index (χ4v) is 4.11. The minimum atomic E-state index is -0.135. The van der Waals surface area contributed by atoms with Crippen LogP contribution in [0.25, 0.3) is 0 Å². The van der Waals surface area contributed by atoms with Gasteiger partial charge in [0.05, 0.1) is 0 Å². The van der Waals surface area contributed by atoms with Crippen LogP contribution in [0.3, 0.4) is 0 Å². The average Bonchev–Trinajstić information content (AvgIpc) is 3.29. The van der Waals surface area contributed by atoms with E-state index in [1.807, 2.05) is 18.2 Å². The molecule has 1 aliphatic carbocycles. The van der Waals surface area contributed by atoms with Crippen molar-refractivity contribution in [2.45, 2.75) is 39.0 Å². The van der Waals surface area contributed by atoms with Gasteiger partial charge in [0.15, 0.2) is 5.96 Å². The lowest BCUT2D eigenvalue weighted by Crippen LogP contribution is -2.41. The van der Waals surface area contributed by atoms with Crippen LogP contribution in [0.15, 0.2) is 29.3 Å². The summed E-state index contributed by atoms with van der Waals surface area (Å²) in [6.45, 7) is 5.05. The van der Waals surface area contributed by atoms with Crippen LogP contribution in [0.5, 0.6) is 0 Å². The number of aliphatic imine (C=N–C) groups is 1. The summed E-state index contributed by atoms with van der Waals surface area (Å²) in [6, 6.07) is 7.29. The summed E-state index contributed by atoms with van der Waals surface area (Å²) in [5, 5.41) is 6.20. The Morgan fingerprint density at radius 1 is 1.33 bits per heavy atom. The van der Waals surface area contributed by atoms with E-state index in [2.05, 4.69) is 33.4 Å². The molecule has 6 heteroatoms. The number of benzene rings is 1. The molecule has 1 amide bonds. The van der Waals surface area contributed by atoms with E-state index in [1.165, 1.54) is 32.1 Å². The van der Waals surface area contributed by atoms with E-state index >= 15 is 0 Å². The molecule has 2 aliphatic rings. The van der Waals surface area contributed by atoms with Crippen molar-refractivity contribution in [1.29, 1.82) is 0 Å². The lowest BCUT2D eigenvalue weighted by molar-refractivity contribution is -0.114. The van der Waals surface area contributed by atoms with E-state index in [1.54, 1.807) is 6.07 Å². The highest BCUT2D eigenvalue weighted by Gasteiger charge is 2.41. The topological polar surface area (TPSA) is 56.7 Å². The number of rotatable bonds is 4. The van der Waals surface area contributed by atoms with Gasteiger partial charge < -0.3 is 15.5 Å². The average molecular weight is 480 g/mol. The lowest BCUT2D eigenvalue weighted by atomic mass is 9.86. The molecule has 0 unspecified atom stereocenters. The van der Waals surface area contributed by atoms with Gasteiger partial charge in [0, 0.05) is 30.9 Å². The Balaban J connectivity index is 0.00000261. The predicted octanol–water partition coefficient (Wildman–Crippen LogP) is 3.46. The number of anilines is 1. The fraction of sp³-hybridized carbons (Fsp3) is 0.524. The first kappa shape index (κ1) is 21.5. The summed E-state index contributed by atoms with van der Waals surface area (Å²) in [7, 11) is 0. The zero-order valence-corrected chi connectivity index (χ0v) is 18.3. The van der Waals surface area contributed by atoms with Crippen molar-refractivity contribution in [2.24, 2.45) is 10.4 Å². The molecule has 0 radical (unpaired) electrons. The van der Waals surface area contributed by atoms with Crippen LogP contribution in [0.4, 0.5) is 5.69 Å². The molecule has 1 saturated carbocycles. The standard InChI is InChI=1S/C21H28N4O.HI/c1-3-17-8-7-9-18(14-17)24-19(26)15-23-20(22-4-2)25-13-12-21(16-25)10-5-6-11-21;/h1,7-9,14H,4-6,10-13,15-16H2,2H3,(H,22,23)(H,24,26);1H. The molecule has 1 heterocycles. The third-order valence-electron chi connectivity index (χ3n) is 5.42. The number of hydrogen-bond donors (Lipinski definition) is 2. The summed E-state index contributed by atoms with van der Waals surface area (Å²) >= 11 is 0. The molecular formula is C21H29IN4O. The van der Waals surface area contributed by atoms with Gasteiger partial charge in [-0.3, -0.25) is 4.79 Å². The quantitative estimate of drug-likeness (QED) is 0.301. The Kier molecular flexibility index (Phi) is 7.96. The van der Waals surface area contributed by atoms with Gasteiger partial charge in [0.25, 0.3) is 0 Å². The lowest BCUT2D eigenvalue weighted by Gasteiger charge is -2.25. The maximum absolute atomic E-state index is 12.3.